The van der Waals surface area contributed by atoms with Crippen LogP contribution in [0.1, 0.15) is 11.1 Å². The molecule has 1 aromatic carbocycles. The monoisotopic (exact) mass is 195 g/mol. The standard InChI is InChI=1S/C10H13NOS/c1-7-5-4-6-8(2)9(7)11-10(12)13-3/h4-6H,1-3H3,(H,11,12). The molecule has 2 nitrogen and oxygen atoms in total. The zero-order valence-electron chi connectivity index (χ0n) is 8.05. The number of aryl methyl sites for hydroxylation is 2. The van der Waals surface area contributed by atoms with Gasteiger partial charge in [-0.3, -0.25) is 4.79 Å². The molecule has 1 amide bonds. The summed E-state index contributed by atoms with van der Waals surface area (Å²) in [5.41, 5.74) is 3.13. The van der Waals surface area contributed by atoms with Crippen molar-refractivity contribution in [3.8, 4) is 0 Å². The maximum absolute atomic E-state index is 11.1. The number of para-hydroxylation sites is 1. The van der Waals surface area contributed by atoms with Crippen molar-refractivity contribution >= 4 is 22.7 Å². The van der Waals surface area contributed by atoms with E-state index < -0.39 is 0 Å². The Labute approximate surface area is 82.7 Å². The number of thioether (sulfide) groups is 1. The number of rotatable bonds is 1. The van der Waals surface area contributed by atoms with Gasteiger partial charge in [0.1, 0.15) is 0 Å². The molecule has 0 fully saturated rings. The molecular weight excluding hydrogens is 182 g/mol. The van der Waals surface area contributed by atoms with Gasteiger partial charge in [-0.05, 0) is 31.2 Å². The SMILES string of the molecule is CSC(=O)Nc1c(C)cccc1C. The normalized spacial score (nSPS) is 9.77. The summed E-state index contributed by atoms with van der Waals surface area (Å²) in [6.45, 7) is 3.98. The van der Waals surface area contributed by atoms with E-state index in [2.05, 4.69) is 5.32 Å². The number of hydrogen-bond donors (Lipinski definition) is 1. The maximum Gasteiger partial charge on any atom is 0.283 e. The average Bonchev–Trinajstić information content (AvgIpc) is 2.11. The minimum absolute atomic E-state index is 0.0163. The molecule has 0 saturated carbocycles. The molecule has 0 heterocycles. The summed E-state index contributed by atoms with van der Waals surface area (Å²) in [6, 6.07) is 5.96. The summed E-state index contributed by atoms with van der Waals surface area (Å²) in [6.07, 6.45) is 1.77. The van der Waals surface area contributed by atoms with Gasteiger partial charge in [-0.1, -0.05) is 30.0 Å². The van der Waals surface area contributed by atoms with Crippen LogP contribution in [0.4, 0.5) is 10.5 Å². The van der Waals surface area contributed by atoms with Crippen LogP contribution in [0.3, 0.4) is 0 Å². The third-order valence-corrected chi connectivity index (χ3v) is 2.37. The molecule has 0 spiro atoms. The zero-order valence-corrected chi connectivity index (χ0v) is 8.87. The van der Waals surface area contributed by atoms with E-state index in [0.29, 0.717) is 0 Å². The molecule has 0 aliphatic carbocycles. The van der Waals surface area contributed by atoms with Gasteiger partial charge >= 0.3 is 0 Å². The van der Waals surface area contributed by atoms with Crippen LogP contribution >= 0.6 is 11.8 Å². The number of carbonyl (C=O) groups excluding carboxylic acids is 1. The summed E-state index contributed by atoms with van der Waals surface area (Å²) in [4.78, 5) is 11.1. The molecule has 1 aromatic rings. The first-order valence-electron chi connectivity index (χ1n) is 4.06. The van der Waals surface area contributed by atoms with E-state index in [9.17, 15) is 4.79 Å². The first-order chi connectivity index (χ1) is 6.15. The lowest BCUT2D eigenvalue weighted by Gasteiger charge is -2.09. The fourth-order valence-corrected chi connectivity index (χ4v) is 1.37. The van der Waals surface area contributed by atoms with Crippen molar-refractivity contribution < 1.29 is 4.79 Å². The van der Waals surface area contributed by atoms with E-state index in [1.807, 2.05) is 32.0 Å². The highest BCUT2D eigenvalue weighted by Gasteiger charge is 2.04. The number of anilines is 1. The summed E-state index contributed by atoms with van der Waals surface area (Å²) < 4.78 is 0. The topological polar surface area (TPSA) is 29.1 Å². The highest BCUT2D eigenvalue weighted by molar-refractivity contribution is 8.13. The molecular formula is C10H13NOS. The Kier molecular flexibility index (Phi) is 3.37. The van der Waals surface area contributed by atoms with Gasteiger partial charge in [-0.2, -0.15) is 0 Å². The lowest BCUT2D eigenvalue weighted by atomic mass is 10.1. The molecule has 13 heavy (non-hydrogen) atoms. The summed E-state index contributed by atoms with van der Waals surface area (Å²) >= 11 is 1.19. The van der Waals surface area contributed by atoms with Gasteiger partial charge in [0.05, 0.1) is 0 Å². The number of nitrogens with one attached hydrogen (secondary N) is 1. The Hall–Kier alpha value is -0.960. The maximum atomic E-state index is 11.1. The number of amides is 1. The second-order valence-corrected chi connectivity index (χ2v) is 3.66. The van der Waals surface area contributed by atoms with Gasteiger partial charge in [0.15, 0.2) is 0 Å². The average molecular weight is 195 g/mol. The van der Waals surface area contributed by atoms with Gasteiger partial charge in [-0.25, -0.2) is 0 Å². The van der Waals surface area contributed by atoms with Gasteiger partial charge in [0, 0.05) is 5.69 Å². The molecule has 0 bridgehead atoms. The lowest BCUT2D eigenvalue weighted by Crippen LogP contribution is -2.06. The molecule has 0 unspecified atom stereocenters. The molecule has 0 aliphatic heterocycles. The van der Waals surface area contributed by atoms with E-state index in [1.54, 1.807) is 6.26 Å². The van der Waals surface area contributed by atoms with Crippen molar-refractivity contribution in [2.24, 2.45) is 0 Å². The van der Waals surface area contributed by atoms with Crippen molar-refractivity contribution in [2.75, 3.05) is 11.6 Å². The molecule has 70 valence electrons. The molecule has 1 rings (SSSR count). The zero-order chi connectivity index (χ0) is 9.84. The third kappa shape index (κ3) is 2.49. The Morgan fingerprint density at radius 3 is 2.31 bits per heavy atom. The van der Waals surface area contributed by atoms with E-state index in [-0.39, 0.29) is 5.24 Å². The van der Waals surface area contributed by atoms with E-state index in [4.69, 9.17) is 0 Å². The number of hydrogen-bond acceptors (Lipinski definition) is 2. The van der Waals surface area contributed by atoms with Crippen molar-refractivity contribution in [1.82, 2.24) is 0 Å². The third-order valence-electron chi connectivity index (χ3n) is 1.89. The predicted octanol–water partition coefficient (Wildman–Crippen LogP) is 3.20. The van der Waals surface area contributed by atoms with Gasteiger partial charge in [-0.15, -0.1) is 0 Å². The van der Waals surface area contributed by atoms with Gasteiger partial charge in [0.2, 0.25) is 0 Å². The molecule has 0 saturated heterocycles. The second kappa shape index (κ2) is 4.33. The summed E-state index contributed by atoms with van der Waals surface area (Å²) in [5, 5.41) is 2.84. The van der Waals surface area contributed by atoms with E-state index >= 15 is 0 Å². The van der Waals surface area contributed by atoms with Crippen LogP contribution in [0.5, 0.6) is 0 Å². The molecule has 0 aliphatic rings. The van der Waals surface area contributed by atoms with Gasteiger partial charge < -0.3 is 5.32 Å². The highest BCUT2D eigenvalue weighted by Crippen LogP contribution is 2.20. The molecule has 1 N–H and O–H groups in total. The Morgan fingerprint density at radius 1 is 1.31 bits per heavy atom. The van der Waals surface area contributed by atoms with Crippen LogP contribution in [0.15, 0.2) is 18.2 Å². The Bertz CT molecular complexity index is 302. The van der Waals surface area contributed by atoms with Crippen LogP contribution < -0.4 is 5.32 Å². The fourth-order valence-electron chi connectivity index (χ4n) is 1.16. The largest absolute Gasteiger partial charge is 0.316 e. The lowest BCUT2D eigenvalue weighted by molar-refractivity contribution is 0.270. The van der Waals surface area contributed by atoms with Crippen LogP contribution in [0.2, 0.25) is 0 Å². The first-order valence-corrected chi connectivity index (χ1v) is 5.29. The highest BCUT2D eigenvalue weighted by atomic mass is 32.2. The minimum Gasteiger partial charge on any atom is -0.316 e. The van der Waals surface area contributed by atoms with Gasteiger partial charge in [0.25, 0.3) is 5.24 Å². The second-order valence-electron chi connectivity index (χ2n) is 2.88. The Balaban J connectivity index is 2.93. The van der Waals surface area contributed by atoms with Crippen LogP contribution in [-0.4, -0.2) is 11.5 Å². The fraction of sp³-hybridized carbons (Fsp3) is 0.300. The summed E-state index contributed by atoms with van der Waals surface area (Å²) in [7, 11) is 0. The molecule has 3 heteroatoms. The van der Waals surface area contributed by atoms with E-state index in [0.717, 1.165) is 16.8 Å². The minimum atomic E-state index is -0.0163. The first kappa shape index (κ1) is 10.1. The van der Waals surface area contributed by atoms with Crippen LogP contribution in [0.25, 0.3) is 0 Å². The van der Waals surface area contributed by atoms with Crippen molar-refractivity contribution in [2.45, 2.75) is 13.8 Å². The molecule has 0 aromatic heterocycles. The van der Waals surface area contributed by atoms with Crippen LogP contribution in [0, 0.1) is 13.8 Å². The predicted molar refractivity (Wildman–Crippen MR) is 58.4 cm³/mol. The van der Waals surface area contributed by atoms with E-state index in [1.165, 1.54) is 11.8 Å². The number of benzene rings is 1. The smallest absolute Gasteiger partial charge is 0.283 e. The van der Waals surface area contributed by atoms with Crippen molar-refractivity contribution in [3.05, 3.63) is 29.3 Å². The quantitative estimate of drug-likeness (QED) is 0.745. The summed E-state index contributed by atoms with van der Waals surface area (Å²) in [5.74, 6) is 0. The Morgan fingerprint density at radius 2 is 1.85 bits per heavy atom. The number of carbonyl (C=O) groups is 1. The van der Waals surface area contributed by atoms with Crippen LogP contribution in [-0.2, 0) is 0 Å². The van der Waals surface area contributed by atoms with Crippen molar-refractivity contribution in [3.63, 3.8) is 0 Å². The molecule has 0 atom stereocenters. The molecule has 0 radical (unpaired) electrons. The van der Waals surface area contributed by atoms with Crippen molar-refractivity contribution in [1.29, 1.82) is 0 Å².